The van der Waals surface area contributed by atoms with Crippen LogP contribution >= 0.6 is 0 Å². The molecule has 0 bridgehead atoms. The lowest BCUT2D eigenvalue weighted by molar-refractivity contribution is 0.561. The number of hydrogen-bond donors (Lipinski definition) is 1. The van der Waals surface area contributed by atoms with Gasteiger partial charge < -0.3 is 0 Å². The van der Waals surface area contributed by atoms with Crippen molar-refractivity contribution in [2.75, 3.05) is 5.12 Å². The minimum atomic E-state index is 1.69. The molecule has 56 valence electrons. The number of nitrogens with zero attached hydrogens (tertiary/aromatic N) is 3. The molecule has 0 atom stereocenters. The average Bonchev–Trinajstić information content (AvgIpc) is 2.58. The van der Waals surface area contributed by atoms with Crippen molar-refractivity contribution in [2.45, 2.75) is 0 Å². The molecule has 0 saturated carbocycles. The lowest BCUT2D eigenvalue weighted by Gasteiger charge is -2.20. The predicted octanol–water partition coefficient (Wildman–Crippen LogP) is 0.367. The van der Waals surface area contributed by atoms with Gasteiger partial charge in [0, 0.05) is 12.4 Å². The molecule has 1 aliphatic heterocycles. The van der Waals surface area contributed by atoms with E-state index in [1.165, 1.54) is 0 Å². The number of aromatic nitrogens is 2. The first kappa shape index (κ1) is 6.03. The molecule has 0 radical (unpaired) electrons. The fraction of sp³-hybridized carbons (Fsp3) is 0. The van der Waals surface area contributed by atoms with Gasteiger partial charge in [-0.05, 0) is 18.2 Å². The Bertz CT molecular complexity index is 273. The molecule has 0 aliphatic carbocycles. The number of allylic oxidation sites excluding steroid dienone is 2. The first-order chi connectivity index (χ1) is 5.47. The maximum absolute atomic E-state index is 4.03. The highest BCUT2D eigenvalue weighted by atomic mass is 15.8. The van der Waals surface area contributed by atoms with E-state index in [2.05, 4.69) is 10.5 Å². The second-order valence-corrected chi connectivity index (χ2v) is 2.10. The SMILES string of the molecule is C1=CNN(n2cccn2)C=C1. The van der Waals surface area contributed by atoms with Crippen LogP contribution in [-0.4, -0.2) is 9.89 Å². The van der Waals surface area contributed by atoms with Gasteiger partial charge in [-0.15, -0.1) is 0 Å². The third-order valence-electron chi connectivity index (χ3n) is 1.35. The first-order valence-corrected chi connectivity index (χ1v) is 3.35. The minimum Gasteiger partial charge on any atom is -0.286 e. The van der Waals surface area contributed by atoms with Crippen LogP contribution in [0.3, 0.4) is 0 Å². The highest BCUT2D eigenvalue weighted by molar-refractivity contribution is 5.13. The summed E-state index contributed by atoms with van der Waals surface area (Å²) in [5, 5.41) is 5.80. The molecule has 0 fully saturated rings. The molecular formula is C7H8N4. The van der Waals surface area contributed by atoms with E-state index >= 15 is 0 Å². The smallest absolute Gasteiger partial charge is 0.0511 e. The Morgan fingerprint density at radius 2 is 2.27 bits per heavy atom. The summed E-state index contributed by atoms with van der Waals surface area (Å²) < 4.78 is 0. The number of nitrogens with one attached hydrogen (secondary N) is 1. The summed E-state index contributed by atoms with van der Waals surface area (Å²) >= 11 is 0. The monoisotopic (exact) mass is 148 g/mol. The molecule has 11 heavy (non-hydrogen) atoms. The Balaban J connectivity index is 2.19. The molecule has 0 spiro atoms. The molecule has 0 unspecified atom stereocenters. The van der Waals surface area contributed by atoms with Crippen LogP contribution in [0.15, 0.2) is 43.0 Å². The van der Waals surface area contributed by atoms with Crippen molar-refractivity contribution in [3.05, 3.63) is 43.0 Å². The van der Waals surface area contributed by atoms with E-state index < -0.39 is 0 Å². The molecule has 4 nitrogen and oxygen atoms in total. The molecule has 1 aliphatic rings. The Hall–Kier alpha value is -1.71. The van der Waals surface area contributed by atoms with E-state index in [1.807, 2.05) is 36.8 Å². The number of hydrazine groups is 1. The predicted molar refractivity (Wildman–Crippen MR) is 41.9 cm³/mol. The van der Waals surface area contributed by atoms with Crippen LogP contribution in [0.5, 0.6) is 0 Å². The standard InChI is InChI=1S/C7H8N4/c1-2-6-10(8-4-1)11-7-3-5-9-11/h1-8H. The van der Waals surface area contributed by atoms with Gasteiger partial charge in [0.25, 0.3) is 0 Å². The zero-order chi connectivity index (χ0) is 7.52. The second-order valence-electron chi connectivity index (χ2n) is 2.10. The Labute approximate surface area is 64.4 Å². The topological polar surface area (TPSA) is 33.1 Å². The van der Waals surface area contributed by atoms with Crippen LogP contribution in [0.1, 0.15) is 0 Å². The van der Waals surface area contributed by atoms with Crippen LogP contribution in [-0.2, 0) is 0 Å². The molecule has 2 heterocycles. The minimum absolute atomic E-state index is 1.69. The van der Waals surface area contributed by atoms with Crippen LogP contribution in [0.2, 0.25) is 0 Å². The van der Waals surface area contributed by atoms with Gasteiger partial charge in [-0.1, -0.05) is 0 Å². The highest BCUT2D eigenvalue weighted by Crippen LogP contribution is 1.91. The summed E-state index contributed by atoms with van der Waals surface area (Å²) in [4.78, 5) is 1.69. The average molecular weight is 148 g/mol. The van der Waals surface area contributed by atoms with Gasteiger partial charge in [-0.25, -0.2) is 0 Å². The third kappa shape index (κ3) is 1.10. The lowest BCUT2D eigenvalue weighted by atomic mass is 10.5. The van der Waals surface area contributed by atoms with Crippen LogP contribution in [0.25, 0.3) is 0 Å². The number of hydrogen-bond acceptors (Lipinski definition) is 3. The molecule has 0 amide bonds. The van der Waals surface area contributed by atoms with Crippen molar-refractivity contribution in [1.29, 1.82) is 0 Å². The molecule has 0 aromatic carbocycles. The molecule has 1 aromatic rings. The van der Waals surface area contributed by atoms with Crippen molar-refractivity contribution in [3.8, 4) is 0 Å². The lowest BCUT2D eigenvalue weighted by Crippen LogP contribution is -2.40. The Kier molecular flexibility index (Phi) is 1.37. The van der Waals surface area contributed by atoms with Gasteiger partial charge in [-0.2, -0.15) is 15.0 Å². The Morgan fingerprint density at radius 3 is 2.91 bits per heavy atom. The van der Waals surface area contributed by atoms with Crippen molar-refractivity contribution >= 4 is 0 Å². The summed E-state index contributed by atoms with van der Waals surface area (Å²) in [7, 11) is 0. The van der Waals surface area contributed by atoms with E-state index in [9.17, 15) is 0 Å². The maximum Gasteiger partial charge on any atom is 0.0511 e. The zero-order valence-corrected chi connectivity index (χ0v) is 5.88. The summed E-state index contributed by atoms with van der Waals surface area (Å²) in [6.45, 7) is 0. The van der Waals surface area contributed by atoms with Crippen molar-refractivity contribution in [1.82, 2.24) is 15.3 Å². The normalized spacial score (nSPS) is 15.1. The molecule has 2 rings (SSSR count). The largest absolute Gasteiger partial charge is 0.286 e. The summed E-state index contributed by atoms with van der Waals surface area (Å²) in [6, 6.07) is 1.87. The molecule has 0 saturated heterocycles. The van der Waals surface area contributed by atoms with Gasteiger partial charge >= 0.3 is 0 Å². The molecule has 1 aromatic heterocycles. The van der Waals surface area contributed by atoms with E-state index in [0.717, 1.165) is 0 Å². The van der Waals surface area contributed by atoms with Crippen LogP contribution in [0, 0.1) is 0 Å². The summed E-state index contributed by atoms with van der Waals surface area (Å²) in [5.74, 6) is 0. The fourth-order valence-electron chi connectivity index (χ4n) is 0.865. The van der Waals surface area contributed by atoms with Crippen LogP contribution in [0.4, 0.5) is 0 Å². The molecule has 4 heteroatoms. The third-order valence-corrected chi connectivity index (χ3v) is 1.35. The van der Waals surface area contributed by atoms with Crippen molar-refractivity contribution in [2.24, 2.45) is 0 Å². The van der Waals surface area contributed by atoms with Crippen molar-refractivity contribution < 1.29 is 0 Å². The van der Waals surface area contributed by atoms with Crippen LogP contribution < -0.4 is 10.5 Å². The highest BCUT2D eigenvalue weighted by Gasteiger charge is 1.98. The van der Waals surface area contributed by atoms with Gasteiger partial charge in [0.15, 0.2) is 0 Å². The van der Waals surface area contributed by atoms with E-state index in [1.54, 1.807) is 16.1 Å². The van der Waals surface area contributed by atoms with Gasteiger partial charge in [0.1, 0.15) is 0 Å². The van der Waals surface area contributed by atoms with E-state index in [-0.39, 0.29) is 0 Å². The summed E-state index contributed by atoms with van der Waals surface area (Å²) in [5.41, 5.74) is 2.99. The van der Waals surface area contributed by atoms with Crippen molar-refractivity contribution in [3.63, 3.8) is 0 Å². The van der Waals surface area contributed by atoms with Gasteiger partial charge in [-0.3, -0.25) is 5.43 Å². The van der Waals surface area contributed by atoms with E-state index in [0.29, 0.717) is 0 Å². The van der Waals surface area contributed by atoms with Gasteiger partial charge in [0.2, 0.25) is 0 Å². The summed E-state index contributed by atoms with van der Waals surface area (Å²) in [6.07, 6.45) is 11.2. The quantitative estimate of drug-likeness (QED) is 0.624. The van der Waals surface area contributed by atoms with Gasteiger partial charge in [0.05, 0.1) is 12.4 Å². The Morgan fingerprint density at radius 1 is 1.27 bits per heavy atom. The maximum atomic E-state index is 4.03. The zero-order valence-electron chi connectivity index (χ0n) is 5.88. The molecule has 1 N–H and O–H groups in total. The van der Waals surface area contributed by atoms with E-state index in [4.69, 9.17) is 0 Å². The second kappa shape index (κ2) is 2.49. The first-order valence-electron chi connectivity index (χ1n) is 3.35. The molecular weight excluding hydrogens is 140 g/mol. The number of rotatable bonds is 1. The fourth-order valence-corrected chi connectivity index (χ4v) is 0.865.